The van der Waals surface area contributed by atoms with Crippen LogP contribution in [0.1, 0.15) is 29.0 Å². The van der Waals surface area contributed by atoms with Crippen LogP contribution in [0.3, 0.4) is 0 Å². The minimum Gasteiger partial charge on any atom is -0.451 e. The van der Waals surface area contributed by atoms with Crippen LogP contribution in [0.25, 0.3) is 11.0 Å². The van der Waals surface area contributed by atoms with Gasteiger partial charge in [-0.05, 0) is 38.9 Å². The largest absolute Gasteiger partial charge is 0.451 e. The molecule has 1 aromatic carbocycles. The molecular weight excluding hydrogens is 278 g/mol. The normalized spacial score (nSPS) is 16.2. The van der Waals surface area contributed by atoms with Crippen LogP contribution in [0, 0.1) is 5.92 Å². The number of furan rings is 1. The third-order valence-electron chi connectivity index (χ3n) is 4.14. The number of nitrogens with one attached hydrogen (secondary N) is 1. The first-order valence-corrected chi connectivity index (χ1v) is 7.76. The maximum absolute atomic E-state index is 12.6. The van der Waals surface area contributed by atoms with Crippen molar-refractivity contribution in [2.45, 2.75) is 25.4 Å². The van der Waals surface area contributed by atoms with Gasteiger partial charge in [-0.3, -0.25) is 4.79 Å². The summed E-state index contributed by atoms with van der Waals surface area (Å²) in [4.78, 5) is 14.7. The minimum atomic E-state index is -0.157. The molecule has 1 saturated carbocycles. The Bertz CT molecular complexity index is 674. The molecule has 3 N–H and O–H groups in total. The van der Waals surface area contributed by atoms with Crippen LogP contribution < -0.4 is 11.1 Å². The van der Waals surface area contributed by atoms with E-state index >= 15 is 0 Å². The monoisotopic (exact) mass is 301 g/mol. The van der Waals surface area contributed by atoms with Crippen LogP contribution in [0.2, 0.25) is 0 Å². The molecule has 0 bridgehead atoms. The van der Waals surface area contributed by atoms with Crippen molar-refractivity contribution in [3.8, 4) is 0 Å². The summed E-state index contributed by atoms with van der Waals surface area (Å²) in [5, 5.41) is 4.04. The summed E-state index contributed by atoms with van der Waals surface area (Å²) < 4.78 is 5.83. The zero-order valence-corrected chi connectivity index (χ0v) is 13.1. The first-order chi connectivity index (χ1) is 10.6. The summed E-state index contributed by atoms with van der Waals surface area (Å²) in [6.07, 6.45) is 2.29. The number of rotatable bonds is 6. The fraction of sp³-hybridized carbons (Fsp3) is 0.471. The Hall–Kier alpha value is -1.85. The number of carbonyl (C=O) groups excluding carboxylic acids is 1. The lowest BCUT2D eigenvalue weighted by atomic mass is 10.1. The summed E-state index contributed by atoms with van der Waals surface area (Å²) in [6.45, 7) is 1.14. The molecule has 1 atom stereocenters. The third kappa shape index (κ3) is 3.00. The molecular formula is C17H23N3O2. The molecule has 1 amide bonds. The number of hydrogen-bond acceptors (Lipinski definition) is 4. The Kier molecular flexibility index (Phi) is 4.18. The van der Waals surface area contributed by atoms with Gasteiger partial charge in [-0.2, -0.15) is 0 Å². The van der Waals surface area contributed by atoms with Gasteiger partial charge in [-0.1, -0.05) is 18.2 Å². The van der Waals surface area contributed by atoms with Gasteiger partial charge in [0.15, 0.2) is 5.76 Å². The van der Waals surface area contributed by atoms with Crippen molar-refractivity contribution in [2.75, 3.05) is 20.6 Å². The molecule has 0 spiro atoms. The Morgan fingerprint density at radius 3 is 2.77 bits per heavy atom. The zero-order valence-electron chi connectivity index (χ0n) is 13.1. The summed E-state index contributed by atoms with van der Waals surface area (Å²) in [5.74, 6) is 0.778. The summed E-state index contributed by atoms with van der Waals surface area (Å²) in [6, 6.07) is 7.82. The molecule has 5 heteroatoms. The summed E-state index contributed by atoms with van der Waals surface area (Å²) in [5.41, 5.74) is 7.47. The Balaban J connectivity index is 1.92. The second-order valence-electron chi connectivity index (χ2n) is 6.30. The maximum atomic E-state index is 12.6. The topological polar surface area (TPSA) is 71.5 Å². The Morgan fingerprint density at radius 1 is 1.41 bits per heavy atom. The first kappa shape index (κ1) is 15.1. The van der Waals surface area contributed by atoms with Crippen molar-refractivity contribution in [1.29, 1.82) is 0 Å². The van der Waals surface area contributed by atoms with Crippen molar-refractivity contribution in [3.63, 3.8) is 0 Å². The molecule has 5 nitrogen and oxygen atoms in total. The minimum absolute atomic E-state index is 0.0490. The standard InChI is InChI=1S/C17H23N3O2/c1-20(2)10-13-12-5-3-4-6-15(12)22-16(13)17(21)19-14(9-18)11-7-8-11/h3-6,11,14H,7-10,18H2,1-2H3,(H,19,21). The summed E-state index contributed by atoms with van der Waals surface area (Å²) >= 11 is 0. The number of amides is 1. The van der Waals surface area contributed by atoms with Crippen LogP contribution in [0.4, 0.5) is 0 Å². The van der Waals surface area contributed by atoms with Gasteiger partial charge in [0.25, 0.3) is 5.91 Å². The van der Waals surface area contributed by atoms with E-state index in [1.54, 1.807) is 0 Å². The quantitative estimate of drug-likeness (QED) is 0.855. The lowest BCUT2D eigenvalue weighted by Gasteiger charge is -2.16. The van der Waals surface area contributed by atoms with Gasteiger partial charge in [0, 0.05) is 30.1 Å². The molecule has 118 valence electrons. The van der Waals surface area contributed by atoms with E-state index in [1.807, 2.05) is 43.3 Å². The molecule has 1 aromatic heterocycles. The van der Waals surface area contributed by atoms with Gasteiger partial charge in [0.2, 0.25) is 0 Å². The summed E-state index contributed by atoms with van der Waals surface area (Å²) in [7, 11) is 3.96. The van der Waals surface area contributed by atoms with E-state index in [2.05, 4.69) is 5.32 Å². The highest BCUT2D eigenvalue weighted by atomic mass is 16.3. The molecule has 3 rings (SSSR count). The zero-order chi connectivity index (χ0) is 15.7. The van der Waals surface area contributed by atoms with E-state index in [9.17, 15) is 4.79 Å². The van der Waals surface area contributed by atoms with Crippen LogP contribution in [-0.2, 0) is 6.54 Å². The van der Waals surface area contributed by atoms with Crippen molar-refractivity contribution in [2.24, 2.45) is 11.7 Å². The molecule has 0 aliphatic heterocycles. The van der Waals surface area contributed by atoms with Gasteiger partial charge in [-0.15, -0.1) is 0 Å². The van der Waals surface area contributed by atoms with Crippen molar-refractivity contribution in [3.05, 3.63) is 35.6 Å². The third-order valence-corrected chi connectivity index (χ3v) is 4.14. The molecule has 1 unspecified atom stereocenters. The smallest absolute Gasteiger partial charge is 0.287 e. The van der Waals surface area contributed by atoms with Gasteiger partial charge in [0.05, 0.1) is 0 Å². The highest BCUT2D eigenvalue weighted by Crippen LogP contribution is 2.33. The van der Waals surface area contributed by atoms with Crippen molar-refractivity contribution in [1.82, 2.24) is 10.2 Å². The molecule has 1 aliphatic carbocycles. The number of nitrogens with zero attached hydrogens (tertiary/aromatic N) is 1. The van der Waals surface area contributed by atoms with Crippen LogP contribution in [0.5, 0.6) is 0 Å². The van der Waals surface area contributed by atoms with Crippen LogP contribution >= 0.6 is 0 Å². The average molecular weight is 301 g/mol. The molecule has 2 aromatic rings. The van der Waals surface area contributed by atoms with E-state index in [0.29, 0.717) is 24.8 Å². The van der Waals surface area contributed by atoms with E-state index < -0.39 is 0 Å². The van der Waals surface area contributed by atoms with Crippen LogP contribution in [0.15, 0.2) is 28.7 Å². The lowest BCUT2D eigenvalue weighted by molar-refractivity contribution is 0.0905. The fourth-order valence-corrected chi connectivity index (χ4v) is 2.86. The second kappa shape index (κ2) is 6.10. The number of hydrogen-bond donors (Lipinski definition) is 2. The number of nitrogens with two attached hydrogens (primary N) is 1. The molecule has 0 saturated heterocycles. The number of fused-ring (bicyclic) bond motifs is 1. The molecule has 1 aliphatic rings. The molecule has 0 radical (unpaired) electrons. The second-order valence-corrected chi connectivity index (χ2v) is 6.30. The highest BCUT2D eigenvalue weighted by Gasteiger charge is 2.32. The van der Waals surface area contributed by atoms with Gasteiger partial charge in [-0.25, -0.2) is 0 Å². The van der Waals surface area contributed by atoms with Gasteiger partial charge >= 0.3 is 0 Å². The van der Waals surface area contributed by atoms with E-state index in [-0.39, 0.29) is 11.9 Å². The van der Waals surface area contributed by atoms with E-state index in [4.69, 9.17) is 10.2 Å². The first-order valence-electron chi connectivity index (χ1n) is 7.76. The highest BCUT2D eigenvalue weighted by molar-refractivity contribution is 5.99. The number of benzene rings is 1. The SMILES string of the molecule is CN(C)Cc1c(C(=O)NC(CN)C2CC2)oc2ccccc12. The molecule has 22 heavy (non-hydrogen) atoms. The van der Waals surface area contributed by atoms with Crippen molar-refractivity contribution < 1.29 is 9.21 Å². The maximum Gasteiger partial charge on any atom is 0.287 e. The van der Waals surface area contributed by atoms with E-state index in [1.165, 1.54) is 0 Å². The van der Waals surface area contributed by atoms with Gasteiger partial charge in [0.1, 0.15) is 5.58 Å². The predicted molar refractivity (Wildman–Crippen MR) is 86.6 cm³/mol. The van der Waals surface area contributed by atoms with Gasteiger partial charge < -0.3 is 20.4 Å². The molecule has 1 heterocycles. The lowest BCUT2D eigenvalue weighted by Crippen LogP contribution is -2.42. The van der Waals surface area contributed by atoms with Crippen molar-refractivity contribution >= 4 is 16.9 Å². The Labute approximate surface area is 130 Å². The Morgan fingerprint density at radius 2 is 2.14 bits per heavy atom. The van der Waals surface area contributed by atoms with Crippen LogP contribution in [-0.4, -0.2) is 37.5 Å². The fourth-order valence-electron chi connectivity index (χ4n) is 2.86. The predicted octanol–water partition coefficient (Wildman–Crippen LogP) is 1.96. The average Bonchev–Trinajstić information content (AvgIpc) is 3.27. The van der Waals surface area contributed by atoms with E-state index in [0.717, 1.165) is 29.4 Å². The number of carbonyl (C=O) groups is 1. The molecule has 1 fully saturated rings. The number of para-hydroxylation sites is 1.